The van der Waals surface area contributed by atoms with Crippen LogP contribution in [0.5, 0.6) is 0 Å². The Labute approximate surface area is 87.5 Å². The zero-order chi connectivity index (χ0) is 11.1. The van der Waals surface area contributed by atoms with Gasteiger partial charge in [0.05, 0.1) is 11.4 Å². The fourth-order valence-electron chi connectivity index (χ4n) is 1.12. The van der Waals surface area contributed by atoms with Crippen LogP contribution >= 0.6 is 0 Å². The van der Waals surface area contributed by atoms with Gasteiger partial charge in [-0.15, -0.1) is 0 Å². The lowest BCUT2D eigenvalue weighted by Crippen LogP contribution is -2.11. The van der Waals surface area contributed by atoms with Crippen LogP contribution in [0.1, 0.15) is 33.3 Å². The summed E-state index contributed by atoms with van der Waals surface area (Å²) in [6, 6.07) is 6.48. The predicted octanol–water partition coefficient (Wildman–Crippen LogP) is 3.42. The van der Waals surface area contributed by atoms with Crippen molar-refractivity contribution in [1.29, 1.82) is 0 Å². The second kappa shape index (κ2) is 6.30. The molecular formula is C12H22N2. The lowest BCUT2D eigenvalue weighted by molar-refractivity contribution is 0.900. The third-order valence-electron chi connectivity index (χ3n) is 1.65. The predicted molar refractivity (Wildman–Crippen MR) is 65.7 cm³/mol. The van der Waals surface area contributed by atoms with Crippen molar-refractivity contribution >= 4 is 11.4 Å². The molecule has 3 N–H and O–H groups in total. The Morgan fingerprint density at radius 1 is 1.21 bits per heavy atom. The van der Waals surface area contributed by atoms with Gasteiger partial charge in [0.2, 0.25) is 0 Å². The molecule has 0 aromatic heterocycles. The van der Waals surface area contributed by atoms with E-state index < -0.39 is 0 Å². The highest BCUT2D eigenvalue weighted by atomic mass is 14.9. The first kappa shape index (κ1) is 12.8. The van der Waals surface area contributed by atoms with Gasteiger partial charge in [-0.25, -0.2) is 0 Å². The van der Waals surface area contributed by atoms with E-state index in [1.165, 1.54) is 5.56 Å². The molecule has 0 bridgehead atoms. The SMILES string of the molecule is CC.Cc1ccc(NC(C)C)c(N)c1. The van der Waals surface area contributed by atoms with Crippen molar-refractivity contribution in [1.82, 2.24) is 0 Å². The highest BCUT2D eigenvalue weighted by Gasteiger charge is 1.99. The van der Waals surface area contributed by atoms with Crippen LogP contribution in [-0.4, -0.2) is 6.04 Å². The number of nitrogens with one attached hydrogen (secondary N) is 1. The molecule has 0 radical (unpaired) electrons. The van der Waals surface area contributed by atoms with E-state index in [1.54, 1.807) is 0 Å². The van der Waals surface area contributed by atoms with Crippen LogP contribution in [0.4, 0.5) is 11.4 Å². The summed E-state index contributed by atoms with van der Waals surface area (Å²) in [5.74, 6) is 0. The minimum Gasteiger partial charge on any atom is -0.397 e. The summed E-state index contributed by atoms with van der Waals surface area (Å²) in [5.41, 5.74) is 8.85. The van der Waals surface area contributed by atoms with E-state index in [2.05, 4.69) is 25.2 Å². The Kier molecular flexibility index (Phi) is 5.77. The molecule has 0 aliphatic rings. The number of hydrogen-bond donors (Lipinski definition) is 2. The quantitative estimate of drug-likeness (QED) is 0.708. The number of nitrogens with two attached hydrogens (primary N) is 1. The molecule has 2 nitrogen and oxygen atoms in total. The number of aryl methyl sites for hydroxylation is 1. The monoisotopic (exact) mass is 194 g/mol. The zero-order valence-electron chi connectivity index (χ0n) is 9.89. The Hall–Kier alpha value is -1.18. The van der Waals surface area contributed by atoms with E-state index in [9.17, 15) is 0 Å². The molecule has 0 spiro atoms. The molecule has 0 heterocycles. The molecule has 0 atom stereocenters. The van der Waals surface area contributed by atoms with Gasteiger partial charge in [-0.1, -0.05) is 19.9 Å². The molecule has 14 heavy (non-hydrogen) atoms. The number of rotatable bonds is 2. The summed E-state index contributed by atoms with van der Waals surface area (Å²) in [6.07, 6.45) is 0. The van der Waals surface area contributed by atoms with Gasteiger partial charge in [0, 0.05) is 6.04 Å². The minimum absolute atomic E-state index is 0.426. The third kappa shape index (κ3) is 4.17. The smallest absolute Gasteiger partial charge is 0.0576 e. The fourth-order valence-corrected chi connectivity index (χ4v) is 1.12. The van der Waals surface area contributed by atoms with Crippen molar-refractivity contribution in [2.45, 2.75) is 40.7 Å². The second-order valence-corrected chi connectivity index (χ2v) is 3.39. The van der Waals surface area contributed by atoms with Crippen molar-refractivity contribution in [3.8, 4) is 0 Å². The van der Waals surface area contributed by atoms with Crippen LogP contribution in [0.15, 0.2) is 18.2 Å². The van der Waals surface area contributed by atoms with Gasteiger partial charge in [0.25, 0.3) is 0 Å². The number of benzene rings is 1. The van der Waals surface area contributed by atoms with Gasteiger partial charge in [-0.3, -0.25) is 0 Å². The number of anilines is 2. The van der Waals surface area contributed by atoms with Crippen LogP contribution in [0.3, 0.4) is 0 Å². The van der Waals surface area contributed by atoms with Crippen LogP contribution < -0.4 is 11.1 Å². The largest absolute Gasteiger partial charge is 0.397 e. The third-order valence-corrected chi connectivity index (χ3v) is 1.65. The Bertz CT molecular complexity index is 267. The Morgan fingerprint density at radius 2 is 1.79 bits per heavy atom. The summed E-state index contributed by atoms with van der Waals surface area (Å²) in [7, 11) is 0. The highest BCUT2D eigenvalue weighted by molar-refractivity contribution is 5.67. The topological polar surface area (TPSA) is 38.0 Å². The first-order valence-corrected chi connectivity index (χ1v) is 5.22. The van der Waals surface area contributed by atoms with Crippen LogP contribution in [0, 0.1) is 6.92 Å². The summed E-state index contributed by atoms with van der Waals surface area (Å²) in [6.45, 7) is 10.2. The zero-order valence-corrected chi connectivity index (χ0v) is 9.89. The second-order valence-electron chi connectivity index (χ2n) is 3.39. The van der Waals surface area contributed by atoms with Crippen molar-refractivity contribution < 1.29 is 0 Å². The van der Waals surface area contributed by atoms with Gasteiger partial charge in [0.15, 0.2) is 0 Å². The lowest BCUT2D eigenvalue weighted by Gasteiger charge is -2.12. The molecular weight excluding hydrogens is 172 g/mol. The molecule has 1 aromatic rings. The van der Waals surface area contributed by atoms with Crippen molar-refractivity contribution in [2.75, 3.05) is 11.1 Å². The van der Waals surface area contributed by atoms with Crippen molar-refractivity contribution in [3.05, 3.63) is 23.8 Å². The molecule has 1 rings (SSSR count). The summed E-state index contributed by atoms with van der Waals surface area (Å²) in [4.78, 5) is 0. The van der Waals surface area contributed by atoms with E-state index in [4.69, 9.17) is 5.73 Å². The molecule has 0 unspecified atom stereocenters. The van der Waals surface area contributed by atoms with Crippen molar-refractivity contribution in [2.24, 2.45) is 0 Å². The van der Waals surface area contributed by atoms with E-state index >= 15 is 0 Å². The molecule has 80 valence electrons. The Balaban J connectivity index is 0.000000791. The summed E-state index contributed by atoms with van der Waals surface area (Å²) >= 11 is 0. The molecule has 0 saturated carbocycles. The minimum atomic E-state index is 0.426. The average Bonchev–Trinajstić information content (AvgIpc) is 2.13. The van der Waals surface area contributed by atoms with E-state index in [-0.39, 0.29) is 0 Å². The van der Waals surface area contributed by atoms with Crippen molar-refractivity contribution in [3.63, 3.8) is 0 Å². The lowest BCUT2D eigenvalue weighted by atomic mass is 10.2. The molecule has 0 fully saturated rings. The number of hydrogen-bond acceptors (Lipinski definition) is 2. The van der Waals surface area contributed by atoms with E-state index in [1.807, 2.05) is 32.9 Å². The maximum atomic E-state index is 5.81. The standard InChI is InChI=1S/C10H16N2.C2H6/c1-7(2)12-10-5-4-8(3)6-9(10)11;1-2/h4-7,12H,11H2,1-3H3;1-2H3. The Morgan fingerprint density at radius 3 is 2.21 bits per heavy atom. The summed E-state index contributed by atoms with van der Waals surface area (Å²) in [5, 5.41) is 3.28. The summed E-state index contributed by atoms with van der Waals surface area (Å²) < 4.78 is 0. The van der Waals surface area contributed by atoms with E-state index in [0.29, 0.717) is 6.04 Å². The normalized spacial score (nSPS) is 9.29. The van der Waals surface area contributed by atoms with Gasteiger partial charge >= 0.3 is 0 Å². The molecule has 1 aromatic carbocycles. The maximum absolute atomic E-state index is 5.81. The van der Waals surface area contributed by atoms with Crippen LogP contribution in [-0.2, 0) is 0 Å². The molecule has 0 saturated heterocycles. The fraction of sp³-hybridized carbons (Fsp3) is 0.500. The van der Waals surface area contributed by atoms with Crippen LogP contribution in [0.2, 0.25) is 0 Å². The first-order valence-electron chi connectivity index (χ1n) is 5.22. The van der Waals surface area contributed by atoms with Gasteiger partial charge in [0.1, 0.15) is 0 Å². The maximum Gasteiger partial charge on any atom is 0.0576 e. The first-order chi connectivity index (χ1) is 6.59. The highest BCUT2D eigenvalue weighted by Crippen LogP contribution is 2.19. The van der Waals surface area contributed by atoms with Gasteiger partial charge < -0.3 is 11.1 Å². The van der Waals surface area contributed by atoms with Gasteiger partial charge in [-0.2, -0.15) is 0 Å². The molecule has 0 amide bonds. The van der Waals surface area contributed by atoms with E-state index in [0.717, 1.165) is 11.4 Å². The number of nitrogen functional groups attached to an aromatic ring is 1. The molecule has 0 aliphatic heterocycles. The van der Waals surface area contributed by atoms with Gasteiger partial charge in [-0.05, 0) is 38.5 Å². The average molecular weight is 194 g/mol. The molecule has 0 aliphatic carbocycles. The molecule has 2 heteroatoms. The van der Waals surface area contributed by atoms with Crippen LogP contribution in [0.25, 0.3) is 0 Å².